The average molecular weight is 271 g/mol. The molecule has 0 spiro atoms. The van der Waals surface area contributed by atoms with Gasteiger partial charge in [-0.05, 0) is 17.7 Å². The minimum Gasteiger partial charge on any atom is -0.278 e. The first-order valence-corrected chi connectivity index (χ1v) is 4.57. The molecule has 2 amide bonds. The van der Waals surface area contributed by atoms with Crippen molar-refractivity contribution in [2.45, 2.75) is 0 Å². The van der Waals surface area contributed by atoms with E-state index in [2.05, 4.69) is 4.98 Å². The second-order valence-electron chi connectivity index (χ2n) is 2.33. The highest BCUT2D eigenvalue weighted by Crippen LogP contribution is 2.20. The smallest absolute Gasteiger partial charge is 0.278 e. The van der Waals surface area contributed by atoms with Gasteiger partial charge >= 0.3 is 5.37 Å². The lowest BCUT2D eigenvalue weighted by molar-refractivity contribution is 0.0968. The number of amides is 2. The van der Waals surface area contributed by atoms with Gasteiger partial charge in [0, 0.05) is 0 Å². The number of hydrogen-bond acceptors (Lipinski definition) is 3. The van der Waals surface area contributed by atoms with E-state index in [0.717, 1.165) is 6.07 Å². The summed E-state index contributed by atoms with van der Waals surface area (Å²) in [7, 11) is 0. The Kier molecular flexibility index (Phi) is 3.84. The van der Waals surface area contributed by atoms with Gasteiger partial charge in [-0.1, -0.05) is 23.2 Å². The molecule has 0 aromatic carbocycles. The summed E-state index contributed by atoms with van der Waals surface area (Å²) in [6, 6.07) is 0.757. The van der Waals surface area contributed by atoms with Crippen LogP contribution in [0, 0.1) is 5.82 Å². The zero-order chi connectivity index (χ0) is 11.6. The highest BCUT2D eigenvalue weighted by Gasteiger charge is 2.16. The number of halogens is 4. The van der Waals surface area contributed by atoms with Crippen molar-refractivity contribution < 1.29 is 14.0 Å². The first-order valence-electron chi connectivity index (χ1n) is 3.44. The van der Waals surface area contributed by atoms with E-state index in [4.69, 9.17) is 34.8 Å². The third-order valence-corrected chi connectivity index (χ3v) is 1.99. The van der Waals surface area contributed by atoms with E-state index in [9.17, 15) is 14.0 Å². The molecule has 1 N–H and O–H groups in total. The molecular weight excluding hydrogens is 269 g/mol. The molecule has 1 rings (SSSR count). The van der Waals surface area contributed by atoms with Crippen molar-refractivity contribution in [1.29, 1.82) is 0 Å². The zero-order valence-corrected chi connectivity index (χ0v) is 9.12. The van der Waals surface area contributed by atoms with E-state index >= 15 is 0 Å². The third kappa shape index (κ3) is 3.02. The summed E-state index contributed by atoms with van der Waals surface area (Å²) in [5.74, 6) is -1.88. The summed E-state index contributed by atoms with van der Waals surface area (Å²) in [5, 5.41) is -0.192. The SMILES string of the molecule is O=C(Cl)NC(=O)c1cc(F)c(Cl)nc1Cl. The van der Waals surface area contributed by atoms with Gasteiger partial charge in [0.15, 0.2) is 11.0 Å². The fraction of sp³-hybridized carbons (Fsp3) is 0. The summed E-state index contributed by atoms with van der Waals surface area (Å²) < 4.78 is 12.9. The second-order valence-corrected chi connectivity index (χ2v) is 3.39. The Morgan fingerprint density at radius 1 is 1.33 bits per heavy atom. The standard InChI is InChI=1S/C7H2Cl3FN2O2/c8-4-2(6(14)13-7(10)15)1-3(11)5(9)12-4/h1H,(H,13,14,15). The molecular formula is C7H2Cl3FN2O2. The molecule has 0 radical (unpaired) electrons. The van der Waals surface area contributed by atoms with Crippen molar-refractivity contribution >= 4 is 46.1 Å². The van der Waals surface area contributed by atoms with Crippen LogP contribution in [-0.2, 0) is 0 Å². The van der Waals surface area contributed by atoms with Crippen molar-refractivity contribution in [3.8, 4) is 0 Å². The van der Waals surface area contributed by atoms with Gasteiger partial charge in [-0.15, -0.1) is 0 Å². The molecule has 0 atom stereocenters. The van der Waals surface area contributed by atoms with E-state index in [1.807, 2.05) is 0 Å². The number of nitrogens with one attached hydrogen (secondary N) is 1. The Morgan fingerprint density at radius 3 is 2.47 bits per heavy atom. The fourth-order valence-electron chi connectivity index (χ4n) is 0.761. The van der Waals surface area contributed by atoms with Gasteiger partial charge in [-0.25, -0.2) is 9.37 Å². The van der Waals surface area contributed by atoms with Crippen LogP contribution in [0.15, 0.2) is 6.07 Å². The summed E-state index contributed by atoms with van der Waals surface area (Å²) in [6.07, 6.45) is 0. The van der Waals surface area contributed by atoms with Gasteiger partial charge < -0.3 is 0 Å². The van der Waals surface area contributed by atoms with Crippen LogP contribution in [0.3, 0.4) is 0 Å². The maximum absolute atomic E-state index is 12.9. The van der Waals surface area contributed by atoms with Gasteiger partial charge in [-0.2, -0.15) is 0 Å². The van der Waals surface area contributed by atoms with Crippen molar-refractivity contribution in [2.75, 3.05) is 0 Å². The number of carbonyl (C=O) groups is 2. The number of carbonyl (C=O) groups excluding carboxylic acids is 2. The van der Waals surface area contributed by atoms with Crippen LogP contribution >= 0.6 is 34.8 Å². The van der Waals surface area contributed by atoms with Crippen molar-refractivity contribution in [3.05, 3.63) is 27.8 Å². The molecule has 0 saturated carbocycles. The number of hydrogen-bond donors (Lipinski definition) is 1. The summed E-state index contributed by atoms with van der Waals surface area (Å²) in [4.78, 5) is 24.9. The van der Waals surface area contributed by atoms with E-state index in [1.165, 1.54) is 0 Å². The highest BCUT2D eigenvalue weighted by atomic mass is 35.5. The molecule has 0 aliphatic rings. The fourth-order valence-corrected chi connectivity index (χ4v) is 1.25. The number of pyridine rings is 1. The molecule has 1 aromatic rings. The topological polar surface area (TPSA) is 59.1 Å². The quantitative estimate of drug-likeness (QED) is 0.485. The third-order valence-electron chi connectivity index (χ3n) is 1.34. The Bertz CT molecular complexity index is 438. The molecule has 0 aliphatic heterocycles. The Hall–Kier alpha value is -0.910. The van der Waals surface area contributed by atoms with Gasteiger partial charge in [0.2, 0.25) is 0 Å². The lowest BCUT2D eigenvalue weighted by atomic mass is 10.2. The molecule has 15 heavy (non-hydrogen) atoms. The molecule has 0 aliphatic carbocycles. The maximum atomic E-state index is 12.9. The number of aromatic nitrogens is 1. The molecule has 1 aromatic heterocycles. The van der Waals surface area contributed by atoms with Crippen LogP contribution < -0.4 is 5.32 Å². The normalized spacial score (nSPS) is 9.87. The summed E-state index contributed by atoms with van der Waals surface area (Å²) in [6.45, 7) is 0. The van der Waals surface area contributed by atoms with Crippen LogP contribution in [0.5, 0.6) is 0 Å². The molecule has 0 saturated heterocycles. The molecule has 4 nitrogen and oxygen atoms in total. The Morgan fingerprint density at radius 2 is 1.93 bits per heavy atom. The van der Waals surface area contributed by atoms with Crippen LogP contribution in [0.2, 0.25) is 10.3 Å². The lowest BCUT2D eigenvalue weighted by Gasteiger charge is -2.03. The van der Waals surface area contributed by atoms with Gasteiger partial charge in [0.05, 0.1) is 5.56 Å². The van der Waals surface area contributed by atoms with E-state index < -0.39 is 22.2 Å². The first-order chi connectivity index (χ1) is 6.91. The Balaban J connectivity index is 3.09. The molecule has 0 bridgehead atoms. The van der Waals surface area contributed by atoms with Crippen molar-refractivity contribution in [3.63, 3.8) is 0 Å². The lowest BCUT2D eigenvalue weighted by Crippen LogP contribution is -2.26. The van der Waals surface area contributed by atoms with Gasteiger partial charge in [-0.3, -0.25) is 14.9 Å². The number of rotatable bonds is 1. The van der Waals surface area contributed by atoms with E-state index in [1.54, 1.807) is 5.32 Å². The van der Waals surface area contributed by atoms with Crippen LogP contribution in [-0.4, -0.2) is 16.3 Å². The average Bonchev–Trinajstić information content (AvgIpc) is 2.09. The number of nitrogens with zero attached hydrogens (tertiary/aromatic N) is 1. The molecule has 8 heteroatoms. The largest absolute Gasteiger partial charge is 0.320 e. The minimum absolute atomic E-state index is 0.322. The highest BCUT2D eigenvalue weighted by molar-refractivity contribution is 6.64. The monoisotopic (exact) mass is 270 g/mol. The summed E-state index contributed by atoms with van der Waals surface area (Å²) in [5.41, 5.74) is -0.326. The minimum atomic E-state index is -1.11. The first kappa shape index (κ1) is 12.2. The molecule has 80 valence electrons. The predicted octanol–water partition coefficient (Wildman–Crippen LogP) is 2.62. The predicted molar refractivity (Wildman–Crippen MR) is 52.9 cm³/mol. The molecule has 0 unspecified atom stereocenters. The van der Waals surface area contributed by atoms with Crippen LogP contribution in [0.25, 0.3) is 0 Å². The zero-order valence-electron chi connectivity index (χ0n) is 6.85. The van der Waals surface area contributed by atoms with Crippen molar-refractivity contribution in [2.24, 2.45) is 0 Å². The Labute approximate surface area is 98.3 Å². The molecule has 0 fully saturated rings. The maximum Gasteiger partial charge on any atom is 0.320 e. The summed E-state index contributed by atoms with van der Waals surface area (Å²) >= 11 is 15.7. The van der Waals surface area contributed by atoms with E-state index in [0.29, 0.717) is 0 Å². The second kappa shape index (κ2) is 4.74. The molecule has 1 heterocycles. The van der Waals surface area contributed by atoms with Gasteiger partial charge in [0.25, 0.3) is 5.91 Å². The van der Waals surface area contributed by atoms with Crippen molar-refractivity contribution in [1.82, 2.24) is 10.3 Å². The van der Waals surface area contributed by atoms with Crippen LogP contribution in [0.1, 0.15) is 10.4 Å². The van der Waals surface area contributed by atoms with E-state index in [-0.39, 0.29) is 10.7 Å². The number of imide groups is 1. The van der Waals surface area contributed by atoms with Gasteiger partial charge in [0.1, 0.15) is 5.15 Å². The van der Waals surface area contributed by atoms with Crippen LogP contribution in [0.4, 0.5) is 9.18 Å².